The lowest BCUT2D eigenvalue weighted by atomic mass is 10.1. The number of hydrogen-bond donors (Lipinski definition) is 1. The Bertz CT molecular complexity index is 424. The van der Waals surface area contributed by atoms with Crippen LogP contribution >= 0.6 is 11.6 Å². The highest BCUT2D eigenvalue weighted by Gasteiger charge is 2.27. The van der Waals surface area contributed by atoms with Crippen molar-refractivity contribution in [1.82, 2.24) is 0 Å². The van der Waals surface area contributed by atoms with E-state index in [0.717, 1.165) is 11.8 Å². The van der Waals surface area contributed by atoms with Crippen molar-refractivity contribution in [2.75, 3.05) is 6.26 Å². The Morgan fingerprint density at radius 1 is 1.27 bits per heavy atom. The van der Waals surface area contributed by atoms with Gasteiger partial charge in [0.05, 0.1) is 0 Å². The maximum Gasteiger partial charge on any atom is 0.167 e. The Hall–Kier alpha value is -0.580. The van der Waals surface area contributed by atoms with E-state index in [9.17, 15) is 13.5 Å². The molecule has 1 aromatic rings. The molecule has 1 N–H and O–H groups in total. The highest BCUT2D eigenvalue weighted by Crippen LogP contribution is 2.24. The molecular formula is C10H13ClO3S. The molecule has 0 fully saturated rings. The van der Waals surface area contributed by atoms with Crippen molar-refractivity contribution in [3.05, 3.63) is 35.4 Å². The highest BCUT2D eigenvalue weighted by atomic mass is 35.5. The number of alkyl halides is 1. The van der Waals surface area contributed by atoms with Crippen LogP contribution in [0.5, 0.6) is 0 Å². The number of aryl methyl sites for hydroxylation is 1. The van der Waals surface area contributed by atoms with Gasteiger partial charge in [0.1, 0.15) is 6.10 Å². The Kier molecular flexibility index (Phi) is 3.76. The molecule has 15 heavy (non-hydrogen) atoms. The van der Waals surface area contributed by atoms with Crippen LogP contribution in [-0.2, 0) is 9.84 Å². The van der Waals surface area contributed by atoms with Gasteiger partial charge in [-0.25, -0.2) is 8.42 Å². The fourth-order valence-corrected chi connectivity index (χ4v) is 1.92. The first-order valence-electron chi connectivity index (χ1n) is 4.40. The van der Waals surface area contributed by atoms with Gasteiger partial charge in [-0.1, -0.05) is 29.8 Å². The molecule has 84 valence electrons. The van der Waals surface area contributed by atoms with Gasteiger partial charge < -0.3 is 5.11 Å². The number of aliphatic hydroxyl groups is 1. The van der Waals surface area contributed by atoms with Crippen molar-refractivity contribution in [3.8, 4) is 0 Å². The van der Waals surface area contributed by atoms with E-state index >= 15 is 0 Å². The first-order valence-corrected chi connectivity index (χ1v) is 6.79. The average Bonchev–Trinajstić information content (AvgIpc) is 2.15. The number of aliphatic hydroxyl groups excluding tert-OH is 1. The fourth-order valence-electron chi connectivity index (χ4n) is 1.15. The van der Waals surface area contributed by atoms with Crippen molar-refractivity contribution >= 4 is 21.4 Å². The molecule has 0 aromatic heterocycles. The Morgan fingerprint density at radius 2 is 1.73 bits per heavy atom. The minimum Gasteiger partial charge on any atom is -0.386 e. The van der Waals surface area contributed by atoms with Crippen LogP contribution in [0, 0.1) is 6.92 Å². The molecule has 0 saturated heterocycles. The fraction of sp³-hybridized carbons (Fsp3) is 0.400. The molecule has 1 aromatic carbocycles. The van der Waals surface area contributed by atoms with Crippen molar-refractivity contribution < 1.29 is 13.5 Å². The second-order valence-electron chi connectivity index (χ2n) is 3.54. The lowest BCUT2D eigenvalue weighted by Gasteiger charge is -2.15. The summed E-state index contributed by atoms with van der Waals surface area (Å²) < 4.78 is 20.9. The van der Waals surface area contributed by atoms with Crippen molar-refractivity contribution in [1.29, 1.82) is 0 Å². The maximum atomic E-state index is 11.1. The number of halogens is 1. The van der Waals surface area contributed by atoms with Gasteiger partial charge in [-0.05, 0) is 12.5 Å². The van der Waals surface area contributed by atoms with E-state index in [2.05, 4.69) is 0 Å². The van der Waals surface area contributed by atoms with E-state index in [0.29, 0.717) is 5.56 Å². The Labute approximate surface area is 94.6 Å². The summed E-state index contributed by atoms with van der Waals surface area (Å²) in [6, 6.07) is 6.93. The third-order valence-corrected chi connectivity index (χ3v) is 4.36. The van der Waals surface area contributed by atoms with E-state index in [1.807, 2.05) is 6.92 Å². The van der Waals surface area contributed by atoms with E-state index < -0.39 is 20.7 Å². The molecule has 0 aliphatic carbocycles. The molecule has 0 unspecified atom stereocenters. The van der Waals surface area contributed by atoms with Crippen LogP contribution in [0.4, 0.5) is 0 Å². The summed E-state index contributed by atoms with van der Waals surface area (Å²) >= 11 is 5.64. The van der Waals surface area contributed by atoms with Crippen LogP contribution < -0.4 is 0 Å². The Balaban J connectivity index is 2.95. The van der Waals surface area contributed by atoms with Gasteiger partial charge in [0.15, 0.2) is 14.5 Å². The summed E-state index contributed by atoms with van der Waals surface area (Å²) in [6.45, 7) is 1.91. The van der Waals surface area contributed by atoms with Gasteiger partial charge in [-0.2, -0.15) is 0 Å². The zero-order chi connectivity index (χ0) is 11.6. The molecule has 0 saturated carbocycles. The van der Waals surface area contributed by atoms with Gasteiger partial charge in [-0.3, -0.25) is 0 Å². The smallest absolute Gasteiger partial charge is 0.167 e. The minimum absolute atomic E-state index is 0.506. The molecule has 3 nitrogen and oxygen atoms in total. The second-order valence-corrected chi connectivity index (χ2v) is 6.43. The zero-order valence-electron chi connectivity index (χ0n) is 8.51. The quantitative estimate of drug-likeness (QED) is 0.828. The maximum absolute atomic E-state index is 11.1. The number of benzene rings is 1. The van der Waals surface area contributed by atoms with Gasteiger partial charge in [0.2, 0.25) is 0 Å². The van der Waals surface area contributed by atoms with Crippen LogP contribution in [-0.4, -0.2) is 24.5 Å². The molecule has 0 radical (unpaired) electrons. The number of sulfone groups is 1. The largest absolute Gasteiger partial charge is 0.386 e. The molecule has 0 heterocycles. The van der Waals surface area contributed by atoms with Crippen LogP contribution in [0.2, 0.25) is 0 Å². The molecular weight excluding hydrogens is 236 g/mol. The summed E-state index contributed by atoms with van der Waals surface area (Å²) in [6.07, 6.45) is -0.190. The summed E-state index contributed by atoms with van der Waals surface area (Å²) in [7, 11) is -3.44. The molecule has 0 amide bonds. The number of rotatable bonds is 3. The van der Waals surface area contributed by atoms with Gasteiger partial charge in [0, 0.05) is 6.26 Å². The van der Waals surface area contributed by atoms with Gasteiger partial charge in [-0.15, -0.1) is 11.6 Å². The molecule has 1 rings (SSSR count). The van der Waals surface area contributed by atoms with Crippen LogP contribution in [0.15, 0.2) is 24.3 Å². The van der Waals surface area contributed by atoms with E-state index in [1.165, 1.54) is 0 Å². The van der Waals surface area contributed by atoms with Crippen molar-refractivity contribution in [2.24, 2.45) is 0 Å². The summed E-state index contributed by atoms with van der Waals surface area (Å²) in [5, 5.41) is 9.70. The van der Waals surface area contributed by atoms with Crippen LogP contribution in [0.3, 0.4) is 0 Å². The molecule has 2 atom stereocenters. The first-order chi connectivity index (χ1) is 6.82. The van der Waals surface area contributed by atoms with Crippen molar-refractivity contribution in [2.45, 2.75) is 17.7 Å². The van der Waals surface area contributed by atoms with Crippen LogP contribution in [0.25, 0.3) is 0 Å². The highest BCUT2D eigenvalue weighted by molar-refractivity contribution is 7.92. The predicted octanol–water partition coefficient (Wildman–Crippen LogP) is 1.64. The normalized spacial score (nSPS) is 16.0. The topological polar surface area (TPSA) is 54.4 Å². The molecule has 0 spiro atoms. The zero-order valence-corrected chi connectivity index (χ0v) is 10.1. The van der Waals surface area contributed by atoms with E-state index in [4.69, 9.17) is 11.6 Å². The first kappa shape index (κ1) is 12.5. The Morgan fingerprint density at radius 3 is 2.13 bits per heavy atom. The van der Waals surface area contributed by atoms with Crippen LogP contribution in [0.1, 0.15) is 17.2 Å². The van der Waals surface area contributed by atoms with Gasteiger partial charge in [0.25, 0.3) is 0 Å². The lowest BCUT2D eigenvalue weighted by Crippen LogP contribution is -2.21. The summed E-state index contributed by atoms with van der Waals surface area (Å²) in [5.74, 6) is 0. The third-order valence-electron chi connectivity index (χ3n) is 2.08. The van der Waals surface area contributed by atoms with E-state index in [1.54, 1.807) is 24.3 Å². The second kappa shape index (κ2) is 4.51. The van der Waals surface area contributed by atoms with E-state index in [-0.39, 0.29) is 0 Å². The number of hydrogen-bond acceptors (Lipinski definition) is 3. The monoisotopic (exact) mass is 248 g/mol. The average molecular weight is 249 g/mol. The predicted molar refractivity (Wildman–Crippen MR) is 60.6 cm³/mol. The molecule has 0 aliphatic rings. The summed E-state index contributed by atoms with van der Waals surface area (Å²) in [4.78, 5) is 0. The molecule has 5 heteroatoms. The van der Waals surface area contributed by atoms with Crippen molar-refractivity contribution in [3.63, 3.8) is 0 Å². The van der Waals surface area contributed by atoms with Gasteiger partial charge >= 0.3 is 0 Å². The standard InChI is InChI=1S/C10H13ClO3S/c1-7-3-5-8(6-4-7)9(12)10(11)15(2,13)14/h3-6,9-10,12H,1-2H3/t9-,10-/m0/s1. The summed E-state index contributed by atoms with van der Waals surface area (Å²) in [5.41, 5.74) is 1.54. The lowest BCUT2D eigenvalue weighted by molar-refractivity contribution is 0.192. The SMILES string of the molecule is Cc1ccc([C@H](O)[C@@H](Cl)S(C)(=O)=O)cc1. The third kappa shape index (κ3) is 3.19. The molecule has 0 bridgehead atoms. The molecule has 0 aliphatic heterocycles. The minimum atomic E-state index is -3.44.